The largest absolute Gasteiger partial charge is 0.394 e. The fourth-order valence-corrected chi connectivity index (χ4v) is 7.77. The van der Waals surface area contributed by atoms with Crippen molar-refractivity contribution in [2.24, 2.45) is 0 Å². The third-order valence-electron chi connectivity index (χ3n) is 9.84. The third kappa shape index (κ3) is 12.1. The Hall–Kier alpha value is -1.31. The Morgan fingerprint density at radius 3 is 2.40 bits per heavy atom. The van der Waals surface area contributed by atoms with Crippen molar-refractivity contribution in [3.63, 3.8) is 0 Å². The summed E-state index contributed by atoms with van der Waals surface area (Å²) >= 11 is 0. The first kappa shape index (κ1) is 41.4. The lowest BCUT2D eigenvalue weighted by Crippen LogP contribution is -2.60. The van der Waals surface area contributed by atoms with E-state index in [2.05, 4.69) is 0 Å². The smallest absolute Gasteiger partial charge is 0.264 e. The summed E-state index contributed by atoms with van der Waals surface area (Å²) in [7, 11) is -0.758. The van der Waals surface area contributed by atoms with Crippen LogP contribution in [0.15, 0.2) is 30.3 Å². The minimum absolute atomic E-state index is 0.0364. The molecule has 50 heavy (non-hydrogen) atoms. The van der Waals surface area contributed by atoms with Crippen LogP contribution in [0.3, 0.4) is 0 Å². The highest BCUT2D eigenvalue weighted by Gasteiger charge is 2.55. The number of methoxy groups -OCH3 is 2. The molecular weight excluding hydrogens is 676 g/mol. The van der Waals surface area contributed by atoms with E-state index >= 15 is 0 Å². The van der Waals surface area contributed by atoms with Crippen LogP contribution < -0.4 is 0 Å². The van der Waals surface area contributed by atoms with Gasteiger partial charge in [0, 0.05) is 33.7 Å². The zero-order valence-corrected chi connectivity index (χ0v) is 30.9. The minimum atomic E-state index is -3.93. The van der Waals surface area contributed by atoms with Crippen LogP contribution in [0.4, 0.5) is 0 Å². The number of hydrogen-bond donors (Lipinski definition) is 2. The molecule has 3 fully saturated rings. The van der Waals surface area contributed by atoms with Crippen LogP contribution in [0.25, 0.3) is 0 Å². The van der Waals surface area contributed by atoms with E-state index in [-0.39, 0.29) is 58.1 Å². The van der Waals surface area contributed by atoms with E-state index < -0.39 is 58.4 Å². The van der Waals surface area contributed by atoms with Crippen molar-refractivity contribution < 1.29 is 65.4 Å². The summed E-state index contributed by atoms with van der Waals surface area (Å²) in [5.74, 6) is 0. The number of aliphatic hydroxyl groups excluding tert-OH is 2. The Morgan fingerprint density at radius 1 is 0.980 bits per heavy atom. The molecule has 1 unspecified atom stereocenters. The number of benzene rings is 1. The SMILES string of the molecule is COCOCCC[C@H]1O[C@H]2CC[C@@]3(C)O[C@H](C(C[C@H](O)CO)OCOCc4ccccc4)[C@@H](OS(C)(=O)=O)C[C@@H]3O[C@@H]2CC[C@]1(C)OCOC. The molecule has 3 saturated heterocycles. The molecule has 3 aliphatic rings. The first-order chi connectivity index (χ1) is 23.9. The Balaban J connectivity index is 1.53. The van der Waals surface area contributed by atoms with Gasteiger partial charge in [0.15, 0.2) is 0 Å². The van der Waals surface area contributed by atoms with E-state index in [0.29, 0.717) is 38.7 Å². The van der Waals surface area contributed by atoms with Crippen molar-refractivity contribution in [1.29, 1.82) is 0 Å². The van der Waals surface area contributed by atoms with Crippen LogP contribution >= 0.6 is 0 Å². The predicted octanol–water partition coefficient (Wildman–Crippen LogP) is 3.06. The Kier molecular flexibility index (Phi) is 16.3. The zero-order chi connectivity index (χ0) is 36.2. The molecule has 1 aromatic rings. The summed E-state index contributed by atoms with van der Waals surface area (Å²) in [5.41, 5.74) is -0.548. The second-order valence-corrected chi connectivity index (χ2v) is 15.5. The number of fused-ring (bicyclic) bond motifs is 2. The lowest BCUT2D eigenvalue weighted by molar-refractivity contribution is -0.267. The second-order valence-electron chi connectivity index (χ2n) is 13.9. The number of ether oxygens (including phenoxy) is 9. The van der Waals surface area contributed by atoms with E-state index in [1.54, 1.807) is 14.2 Å². The molecule has 0 amide bonds. The van der Waals surface area contributed by atoms with Gasteiger partial charge in [0.1, 0.15) is 32.6 Å². The molecular formula is C35H58O14S. The van der Waals surface area contributed by atoms with E-state index in [4.69, 9.17) is 46.8 Å². The van der Waals surface area contributed by atoms with Gasteiger partial charge < -0.3 is 52.8 Å². The van der Waals surface area contributed by atoms with Crippen molar-refractivity contribution in [2.75, 3.05) is 54.1 Å². The van der Waals surface area contributed by atoms with Gasteiger partial charge in [0.2, 0.25) is 0 Å². The predicted molar refractivity (Wildman–Crippen MR) is 181 cm³/mol. The van der Waals surface area contributed by atoms with Gasteiger partial charge in [-0.15, -0.1) is 0 Å². The molecule has 2 N–H and O–H groups in total. The fraction of sp³-hybridized carbons (Fsp3) is 0.829. The van der Waals surface area contributed by atoms with Crippen LogP contribution in [0.5, 0.6) is 0 Å². The maximum atomic E-state index is 12.5. The normalized spacial score (nSPS) is 33.1. The summed E-state index contributed by atoms with van der Waals surface area (Å²) in [4.78, 5) is 0. The number of rotatable bonds is 20. The molecule has 0 bridgehead atoms. The van der Waals surface area contributed by atoms with Crippen LogP contribution in [0.2, 0.25) is 0 Å². The third-order valence-corrected chi connectivity index (χ3v) is 10.4. The Labute approximate surface area is 297 Å². The van der Waals surface area contributed by atoms with Gasteiger partial charge in [-0.05, 0) is 57.9 Å². The number of hydrogen-bond acceptors (Lipinski definition) is 14. The van der Waals surface area contributed by atoms with Crippen molar-refractivity contribution in [2.45, 2.75) is 132 Å². The zero-order valence-electron chi connectivity index (χ0n) is 30.1. The molecule has 14 nitrogen and oxygen atoms in total. The van der Waals surface area contributed by atoms with E-state index in [0.717, 1.165) is 18.2 Å². The maximum absolute atomic E-state index is 12.5. The van der Waals surface area contributed by atoms with Crippen molar-refractivity contribution in [3.8, 4) is 0 Å². The molecule has 15 heteroatoms. The highest BCUT2D eigenvalue weighted by Crippen LogP contribution is 2.45. The fourth-order valence-electron chi connectivity index (χ4n) is 7.13. The quantitative estimate of drug-likeness (QED) is 0.114. The lowest BCUT2D eigenvalue weighted by Gasteiger charge is -2.49. The molecule has 0 aliphatic carbocycles. The van der Waals surface area contributed by atoms with Crippen molar-refractivity contribution >= 4 is 10.1 Å². The molecule has 0 radical (unpaired) electrons. The first-order valence-electron chi connectivity index (χ1n) is 17.5. The molecule has 4 rings (SSSR count). The first-order valence-corrected chi connectivity index (χ1v) is 19.3. The molecule has 0 aromatic heterocycles. The summed E-state index contributed by atoms with van der Waals surface area (Å²) in [6.07, 6.45) is -0.296. The van der Waals surface area contributed by atoms with Crippen LogP contribution in [0, 0.1) is 0 Å². The molecule has 0 saturated carbocycles. The molecule has 288 valence electrons. The van der Waals surface area contributed by atoms with E-state index in [1.807, 2.05) is 44.2 Å². The van der Waals surface area contributed by atoms with Crippen LogP contribution in [-0.4, -0.2) is 133 Å². The highest BCUT2D eigenvalue weighted by molar-refractivity contribution is 7.86. The standard InChI is InChI=1S/C35H58O14S/c1-34(45-23-41-4)15-13-28-27(46-31(34)12-9-17-42-22-40-3)14-16-35(2)32(47-28)19-30(49-50(5,38)39)33(48-35)29(18-26(37)20-36)44-24-43-21-25-10-7-6-8-11-25/h6-8,10-11,26-33,36-37H,9,12-24H2,1-5H3/t26-,27-,28+,29?,30-,31+,32-,33+,34-,35+/m0/s1. The van der Waals surface area contributed by atoms with Crippen molar-refractivity contribution in [1.82, 2.24) is 0 Å². The summed E-state index contributed by atoms with van der Waals surface area (Å²) in [6, 6.07) is 9.58. The van der Waals surface area contributed by atoms with E-state index in [1.165, 1.54) is 0 Å². The molecule has 3 aliphatic heterocycles. The highest BCUT2D eigenvalue weighted by atomic mass is 32.2. The average Bonchev–Trinajstić information content (AvgIpc) is 3.30. The molecule has 3 heterocycles. The Morgan fingerprint density at radius 2 is 1.70 bits per heavy atom. The topological polar surface area (TPSA) is 167 Å². The van der Waals surface area contributed by atoms with Gasteiger partial charge in [-0.3, -0.25) is 4.18 Å². The minimum Gasteiger partial charge on any atom is -0.394 e. The number of aliphatic hydroxyl groups is 2. The van der Waals surface area contributed by atoms with Gasteiger partial charge in [-0.25, -0.2) is 0 Å². The Bertz CT molecular complexity index is 1220. The van der Waals surface area contributed by atoms with Gasteiger partial charge in [0.05, 0.1) is 67.3 Å². The van der Waals surface area contributed by atoms with Gasteiger partial charge in [-0.2, -0.15) is 8.42 Å². The molecule has 0 spiro atoms. The van der Waals surface area contributed by atoms with E-state index in [9.17, 15) is 18.6 Å². The summed E-state index contributed by atoms with van der Waals surface area (Å²) in [6.45, 7) is 4.48. The summed E-state index contributed by atoms with van der Waals surface area (Å²) in [5, 5.41) is 20.2. The van der Waals surface area contributed by atoms with Gasteiger partial charge in [-0.1, -0.05) is 30.3 Å². The van der Waals surface area contributed by atoms with Gasteiger partial charge >= 0.3 is 0 Å². The summed E-state index contributed by atoms with van der Waals surface area (Å²) < 4.78 is 85.1. The van der Waals surface area contributed by atoms with Crippen LogP contribution in [0.1, 0.15) is 70.8 Å². The van der Waals surface area contributed by atoms with Crippen molar-refractivity contribution in [3.05, 3.63) is 35.9 Å². The monoisotopic (exact) mass is 734 g/mol. The molecule has 1 aromatic carbocycles. The molecule has 10 atom stereocenters. The van der Waals surface area contributed by atoms with Gasteiger partial charge in [0.25, 0.3) is 10.1 Å². The lowest BCUT2D eigenvalue weighted by atomic mass is 9.83. The maximum Gasteiger partial charge on any atom is 0.264 e. The van der Waals surface area contributed by atoms with Crippen LogP contribution in [-0.2, 0) is 63.5 Å². The average molecular weight is 735 g/mol. The second kappa shape index (κ2) is 19.7.